The van der Waals surface area contributed by atoms with Crippen molar-refractivity contribution in [3.63, 3.8) is 0 Å². The molecule has 0 radical (unpaired) electrons. The second kappa shape index (κ2) is 7.50. The third-order valence-corrected chi connectivity index (χ3v) is 3.56. The molecular weight excluding hydrogens is 306 g/mol. The zero-order valence-corrected chi connectivity index (χ0v) is 13.3. The van der Waals surface area contributed by atoms with E-state index < -0.39 is 0 Å². The highest BCUT2D eigenvalue weighted by Crippen LogP contribution is 2.28. The van der Waals surface area contributed by atoms with E-state index in [-0.39, 0.29) is 5.91 Å². The lowest BCUT2D eigenvalue weighted by Gasteiger charge is -2.09. The summed E-state index contributed by atoms with van der Waals surface area (Å²) in [6, 6.07) is 7.14. The number of aromatic nitrogens is 2. The van der Waals surface area contributed by atoms with Gasteiger partial charge in [0, 0.05) is 31.0 Å². The maximum absolute atomic E-state index is 12.3. The number of rotatable bonds is 8. The first kappa shape index (κ1) is 15.9. The Balaban J connectivity index is 1.64. The summed E-state index contributed by atoms with van der Waals surface area (Å²) >= 11 is 0. The lowest BCUT2D eigenvalue weighted by molar-refractivity contribution is 0.0952. The fraction of sp³-hybridized carbons (Fsp3) is 0.222. The van der Waals surface area contributed by atoms with Crippen molar-refractivity contribution < 1.29 is 13.9 Å². The standard InChI is InChI=1S/C18H19N3O3/c1-2-10-23-16-12-14(13-17-15(16)5-11-24-17)18(22)19-6-3-8-21-9-4-7-20-21/h2,4-5,7,9,11-13H,1,3,6,8,10H2,(H,19,22). The Morgan fingerprint density at radius 2 is 2.38 bits per heavy atom. The molecule has 0 fully saturated rings. The van der Waals surface area contributed by atoms with Crippen LogP contribution >= 0.6 is 0 Å². The van der Waals surface area contributed by atoms with Crippen LogP contribution < -0.4 is 10.1 Å². The van der Waals surface area contributed by atoms with Gasteiger partial charge in [-0.25, -0.2) is 0 Å². The summed E-state index contributed by atoms with van der Waals surface area (Å²) in [6.45, 7) is 5.34. The maximum Gasteiger partial charge on any atom is 0.251 e. The third kappa shape index (κ3) is 3.65. The van der Waals surface area contributed by atoms with Gasteiger partial charge in [0.1, 0.15) is 17.9 Å². The maximum atomic E-state index is 12.3. The average molecular weight is 325 g/mol. The van der Waals surface area contributed by atoms with Gasteiger partial charge in [-0.05, 0) is 30.7 Å². The molecule has 3 aromatic rings. The van der Waals surface area contributed by atoms with Crippen LogP contribution in [0.25, 0.3) is 11.0 Å². The molecule has 0 spiro atoms. The Bertz CT molecular complexity index is 821. The first-order chi connectivity index (χ1) is 11.8. The number of furan rings is 1. The quantitative estimate of drug-likeness (QED) is 0.510. The molecule has 0 aliphatic carbocycles. The first-order valence-corrected chi connectivity index (χ1v) is 7.78. The van der Waals surface area contributed by atoms with Gasteiger partial charge >= 0.3 is 0 Å². The van der Waals surface area contributed by atoms with Crippen LogP contribution in [-0.4, -0.2) is 28.8 Å². The highest BCUT2D eigenvalue weighted by molar-refractivity contribution is 5.99. The van der Waals surface area contributed by atoms with E-state index in [0.29, 0.717) is 30.0 Å². The number of hydrogen-bond donors (Lipinski definition) is 1. The van der Waals surface area contributed by atoms with Gasteiger partial charge in [-0.3, -0.25) is 9.48 Å². The SMILES string of the molecule is C=CCOc1cc(C(=O)NCCCn2cccn2)cc2occc12. The van der Waals surface area contributed by atoms with Crippen LogP contribution in [-0.2, 0) is 6.54 Å². The molecule has 3 rings (SSSR count). The fourth-order valence-corrected chi connectivity index (χ4v) is 2.42. The molecule has 0 aliphatic rings. The number of nitrogens with one attached hydrogen (secondary N) is 1. The molecule has 0 unspecified atom stereocenters. The molecule has 0 saturated carbocycles. The van der Waals surface area contributed by atoms with E-state index in [9.17, 15) is 4.79 Å². The molecule has 2 aromatic heterocycles. The number of carbonyl (C=O) groups excluding carboxylic acids is 1. The number of carbonyl (C=O) groups is 1. The summed E-state index contributed by atoms with van der Waals surface area (Å²) < 4.78 is 12.9. The van der Waals surface area contributed by atoms with Crippen LogP contribution in [0, 0.1) is 0 Å². The van der Waals surface area contributed by atoms with Crippen molar-refractivity contribution in [2.75, 3.05) is 13.2 Å². The largest absolute Gasteiger partial charge is 0.489 e. The normalized spacial score (nSPS) is 10.7. The molecule has 124 valence electrons. The van der Waals surface area contributed by atoms with Gasteiger partial charge in [-0.1, -0.05) is 12.7 Å². The van der Waals surface area contributed by atoms with Crippen molar-refractivity contribution in [2.45, 2.75) is 13.0 Å². The molecule has 0 saturated heterocycles. The molecule has 24 heavy (non-hydrogen) atoms. The minimum Gasteiger partial charge on any atom is -0.489 e. The van der Waals surface area contributed by atoms with Crippen molar-refractivity contribution in [3.8, 4) is 5.75 Å². The summed E-state index contributed by atoms with van der Waals surface area (Å²) in [5, 5.41) is 7.87. The van der Waals surface area contributed by atoms with E-state index in [0.717, 1.165) is 18.4 Å². The van der Waals surface area contributed by atoms with Gasteiger partial charge in [0.2, 0.25) is 0 Å². The van der Waals surface area contributed by atoms with Crippen LogP contribution in [0.3, 0.4) is 0 Å². The van der Waals surface area contributed by atoms with Gasteiger partial charge in [0.15, 0.2) is 0 Å². The van der Waals surface area contributed by atoms with Gasteiger partial charge in [-0.2, -0.15) is 5.10 Å². The fourth-order valence-electron chi connectivity index (χ4n) is 2.42. The third-order valence-electron chi connectivity index (χ3n) is 3.56. The Morgan fingerprint density at radius 3 is 3.17 bits per heavy atom. The van der Waals surface area contributed by atoms with E-state index >= 15 is 0 Å². The predicted octanol–water partition coefficient (Wildman–Crippen LogP) is 3.01. The van der Waals surface area contributed by atoms with Crippen LogP contribution in [0.1, 0.15) is 16.8 Å². The molecule has 6 nitrogen and oxygen atoms in total. The summed E-state index contributed by atoms with van der Waals surface area (Å²) in [5.74, 6) is 0.458. The number of nitrogens with zero attached hydrogens (tertiary/aromatic N) is 2. The monoisotopic (exact) mass is 325 g/mol. The highest BCUT2D eigenvalue weighted by Gasteiger charge is 2.12. The highest BCUT2D eigenvalue weighted by atomic mass is 16.5. The summed E-state index contributed by atoms with van der Waals surface area (Å²) in [4.78, 5) is 12.3. The molecule has 0 bridgehead atoms. The molecule has 6 heteroatoms. The number of benzene rings is 1. The molecular formula is C18H19N3O3. The van der Waals surface area contributed by atoms with E-state index in [4.69, 9.17) is 9.15 Å². The predicted molar refractivity (Wildman–Crippen MR) is 91.1 cm³/mol. The van der Waals surface area contributed by atoms with Gasteiger partial charge < -0.3 is 14.5 Å². The Labute approximate surface area is 139 Å². The van der Waals surface area contributed by atoms with Gasteiger partial charge in [-0.15, -0.1) is 0 Å². The number of hydrogen-bond acceptors (Lipinski definition) is 4. The Hall–Kier alpha value is -3.02. The molecule has 1 N–H and O–H groups in total. The smallest absolute Gasteiger partial charge is 0.251 e. The number of fused-ring (bicyclic) bond motifs is 1. The average Bonchev–Trinajstić information content (AvgIpc) is 3.27. The zero-order chi connectivity index (χ0) is 16.8. The van der Waals surface area contributed by atoms with Crippen LogP contribution in [0.4, 0.5) is 0 Å². The minimum atomic E-state index is -0.155. The van der Waals surface area contributed by atoms with Crippen molar-refractivity contribution >= 4 is 16.9 Å². The van der Waals surface area contributed by atoms with Crippen molar-refractivity contribution in [1.82, 2.24) is 15.1 Å². The molecule has 0 atom stereocenters. The minimum absolute atomic E-state index is 0.155. The second-order valence-corrected chi connectivity index (χ2v) is 5.29. The number of aryl methyl sites for hydroxylation is 1. The summed E-state index contributed by atoms with van der Waals surface area (Å²) in [5.41, 5.74) is 1.13. The van der Waals surface area contributed by atoms with E-state index in [1.54, 1.807) is 30.7 Å². The molecule has 1 aromatic carbocycles. The van der Waals surface area contributed by atoms with Crippen LogP contribution in [0.5, 0.6) is 5.75 Å². The zero-order valence-electron chi connectivity index (χ0n) is 13.3. The first-order valence-electron chi connectivity index (χ1n) is 7.78. The van der Waals surface area contributed by atoms with Gasteiger partial charge in [0.05, 0.1) is 11.6 Å². The Morgan fingerprint density at radius 1 is 1.46 bits per heavy atom. The van der Waals surface area contributed by atoms with Crippen molar-refractivity contribution in [2.24, 2.45) is 0 Å². The lowest BCUT2D eigenvalue weighted by atomic mass is 10.1. The summed E-state index contributed by atoms with van der Waals surface area (Å²) in [7, 11) is 0. The molecule has 1 amide bonds. The van der Waals surface area contributed by atoms with E-state index in [2.05, 4.69) is 17.0 Å². The summed E-state index contributed by atoms with van der Waals surface area (Å²) in [6.07, 6.45) is 7.68. The number of amides is 1. The lowest BCUT2D eigenvalue weighted by Crippen LogP contribution is -2.25. The van der Waals surface area contributed by atoms with Gasteiger partial charge in [0.25, 0.3) is 5.91 Å². The number of ether oxygens (including phenoxy) is 1. The van der Waals surface area contributed by atoms with E-state index in [1.165, 1.54) is 0 Å². The van der Waals surface area contributed by atoms with Crippen LogP contribution in [0.15, 0.2) is 60.0 Å². The van der Waals surface area contributed by atoms with Crippen molar-refractivity contribution in [3.05, 3.63) is 61.1 Å². The van der Waals surface area contributed by atoms with Crippen LogP contribution in [0.2, 0.25) is 0 Å². The Kier molecular flexibility index (Phi) is 4.96. The molecule has 2 heterocycles. The molecule has 0 aliphatic heterocycles. The van der Waals surface area contributed by atoms with E-state index in [1.807, 2.05) is 23.0 Å². The second-order valence-electron chi connectivity index (χ2n) is 5.29. The topological polar surface area (TPSA) is 69.3 Å². The van der Waals surface area contributed by atoms with Crippen molar-refractivity contribution in [1.29, 1.82) is 0 Å².